The molecule has 10 heavy (non-hydrogen) atoms. The van der Waals surface area contributed by atoms with Gasteiger partial charge in [0.2, 0.25) is 0 Å². The molecule has 1 rings (SSSR count). The van der Waals surface area contributed by atoms with E-state index >= 15 is 0 Å². The van der Waals surface area contributed by atoms with Crippen molar-refractivity contribution in [2.75, 3.05) is 7.11 Å². The number of methoxy groups -OCH3 is 1. The molecule has 1 saturated heterocycles. The van der Waals surface area contributed by atoms with Crippen molar-refractivity contribution < 1.29 is 9.53 Å². The van der Waals surface area contributed by atoms with Gasteiger partial charge < -0.3 is 10.1 Å². The van der Waals surface area contributed by atoms with Gasteiger partial charge in [0.15, 0.2) is 0 Å². The maximum Gasteiger partial charge on any atom is 0.266 e. The van der Waals surface area contributed by atoms with Crippen LogP contribution in [0.25, 0.3) is 0 Å². The monoisotopic (exact) mass is 175 g/mol. The summed E-state index contributed by atoms with van der Waals surface area (Å²) in [5.41, 5.74) is 0. The molecule has 5 heteroatoms. The van der Waals surface area contributed by atoms with Crippen molar-refractivity contribution in [1.29, 1.82) is 0 Å². The number of amides is 1. The van der Waals surface area contributed by atoms with E-state index in [4.69, 9.17) is 12.2 Å². The van der Waals surface area contributed by atoms with Crippen molar-refractivity contribution in [1.82, 2.24) is 5.32 Å². The normalized spacial score (nSPS) is 21.5. The van der Waals surface area contributed by atoms with Gasteiger partial charge in [-0.25, -0.2) is 0 Å². The van der Waals surface area contributed by atoms with Crippen LogP contribution in [-0.4, -0.2) is 17.3 Å². The van der Waals surface area contributed by atoms with Gasteiger partial charge in [-0.1, -0.05) is 24.0 Å². The molecule has 0 aromatic rings. The number of hydrogen-bond donors (Lipinski definition) is 1. The second-order valence-corrected chi connectivity index (χ2v) is 3.28. The number of carbonyl (C=O) groups excluding carboxylic acids is 1. The SMILES string of the molecule is CO/C=C1\SC(=S)NC1=O. The summed E-state index contributed by atoms with van der Waals surface area (Å²) in [6.45, 7) is 0. The van der Waals surface area contributed by atoms with Gasteiger partial charge >= 0.3 is 0 Å². The molecule has 1 fully saturated rings. The average molecular weight is 175 g/mol. The topological polar surface area (TPSA) is 38.3 Å². The third-order valence-corrected chi connectivity index (χ3v) is 2.01. The third kappa shape index (κ3) is 1.48. The van der Waals surface area contributed by atoms with E-state index in [1.807, 2.05) is 0 Å². The molecule has 0 aromatic heterocycles. The molecule has 1 amide bonds. The summed E-state index contributed by atoms with van der Waals surface area (Å²) in [4.78, 5) is 11.3. The lowest BCUT2D eigenvalue weighted by molar-refractivity contribution is -0.115. The van der Waals surface area contributed by atoms with E-state index in [1.165, 1.54) is 25.1 Å². The summed E-state index contributed by atoms with van der Waals surface area (Å²) in [6, 6.07) is 0. The molecular formula is C5H5NO2S2. The lowest BCUT2D eigenvalue weighted by Crippen LogP contribution is -2.17. The van der Waals surface area contributed by atoms with Gasteiger partial charge in [0, 0.05) is 0 Å². The predicted octanol–water partition coefficient (Wildman–Crippen LogP) is 0.622. The first-order valence-electron chi connectivity index (χ1n) is 2.50. The van der Waals surface area contributed by atoms with Gasteiger partial charge in [-0.15, -0.1) is 0 Å². The van der Waals surface area contributed by atoms with E-state index in [-0.39, 0.29) is 5.91 Å². The fraction of sp³-hybridized carbons (Fsp3) is 0.200. The van der Waals surface area contributed by atoms with E-state index in [0.29, 0.717) is 9.23 Å². The van der Waals surface area contributed by atoms with Crippen LogP contribution >= 0.6 is 24.0 Å². The average Bonchev–Trinajstić information content (AvgIpc) is 2.13. The zero-order chi connectivity index (χ0) is 7.56. The molecule has 0 aromatic carbocycles. The number of thiocarbonyl (C=S) groups is 1. The van der Waals surface area contributed by atoms with E-state index in [9.17, 15) is 4.79 Å². The molecule has 0 spiro atoms. The standard InChI is InChI=1S/C5H5NO2S2/c1-8-2-3-4(7)6-5(9)10-3/h2H,1H3,(H,6,7,9)/b3-2-. The Balaban J connectivity index is 2.72. The van der Waals surface area contributed by atoms with Crippen molar-refractivity contribution in [3.63, 3.8) is 0 Å². The Hall–Kier alpha value is -0.550. The number of thioether (sulfide) groups is 1. The summed E-state index contributed by atoms with van der Waals surface area (Å²) in [7, 11) is 1.49. The highest BCUT2D eigenvalue weighted by Crippen LogP contribution is 2.22. The summed E-state index contributed by atoms with van der Waals surface area (Å²) in [5, 5.41) is 2.46. The van der Waals surface area contributed by atoms with Crippen molar-refractivity contribution >= 4 is 34.2 Å². The maximum atomic E-state index is 10.8. The minimum Gasteiger partial charge on any atom is -0.503 e. The lowest BCUT2D eigenvalue weighted by atomic mass is 10.6. The summed E-state index contributed by atoms with van der Waals surface area (Å²) < 4.78 is 5.12. The Kier molecular flexibility index (Phi) is 2.29. The Labute approximate surface area is 67.8 Å². The first-order chi connectivity index (χ1) is 4.74. The summed E-state index contributed by atoms with van der Waals surface area (Å²) in [5.74, 6) is -0.183. The second kappa shape index (κ2) is 3.03. The van der Waals surface area contributed by atoms with Crippen LogP contribution in [0.5, 0.6) is 0 Å². The minimum absolute atomic E-state index is 0.183. The first-order valence-corrected chi connectivity index (χ1v) is 3.72. The smallest absolute Gasteiger partial charge is 0.266 e. The van der Waals surface area contributed by atoms with Crippen LogP contribution in [-0.2, 0) is 9.53 Å². The van der Waals surface area contributed by atoms with E-state index in [1.54, 1.807) is 0 Å². The van der Waals surface area contributed by atoms with Gasteiger partial charge in [-0.2, -0.15) is 0 Å². The van der Waals surface area contributed by atoms with Gasteiger partial charge in [0.05, 0.1) is 7.11 Å². The van der Waals surface area contributed by atoms with Crippen LogP contribution < -0.4 is 5.32 Å². The van der Waals surface area contributed by atoms with Crippen molar-refractivity contribution in [3.8, 4) is 0 Å². The van der Waals surface area contributed by atoms with Crippen LogP contribution in [0.3, 0.4) is 0 Å². The molecule has 0 saturated carbocycles. The molecule has 0 radical (unpaired) electrons. The molecule has 0 aliphatic carbocycles. The van der Waals surface area contributed by atoms with Crippen molar-refractivity contribution in [2.45, 2.75) is 0 Å². The van der Waals surface area contributed by atoms with Gasteiger partial charge in [-0.05, 0) is 0 Å². The molecule has 0 bridgehead atoms. The zero-order valence-electron chi connectivity index (χ0n) is 5.21. The molecule has 54 valence electrons. The van der Waals surface area contributed by atoms with Crippen LogP contribution in [0.4, 0.5) is 0 Å². The molecule has 0 atom stereocenters. The molecule has 1 heterocycles. The second-order valence-electron chi connectivity index (χ2n) is 1.56. The number of carbonyl (C=O) groups is 1. The Bertz CT molecular complexity index is 212. The predicted molar refractivity (Wildman–Crippen MR) is 43.4 cm³/mol. The maximum absolute atomic E-state index is 10.8. The number of nitrogens with one attached hydrogen (secondary N) is 1. The fourth-order valence-corrected chi connectivity index (χ4v) is 1.50. The Morgan fingerprint density at radius 2 is 2.50 bits per heavy atom. The van der Waals surface area contributed by atoms with E-state index < -0.39 is 0 Å². The first kappa shape index (κ1) is 7.56. The summed E-state index contributed by atoms with van der Waals surface area (Å²) >= 11 is 5.93. The molecule has 3 nitrogen and oxygen atoms in total. The van der Waals surface area contributed by atoms with E-state index in [0.717, 1.165) is 0 Å². The molecule has 1 aliphatic rings. The van der Waals surface area contributed by atoms with E-state index in [2.05, 4.69) is 10.1 Å². The van der Waals surface area contributed by atoms with Crippen LogP contribution in [0.15, 0.2) is 11.2 Å². The van der Waals surface area contributed by atoms with Gasteiger partial charge in [0.25, 0.3) is 5.91 Å². The van der Waals surface area contributed by atoms with Gasteiger partial charge in [-0.3, -0.25) is 4.79 Å². The summed E-state index contributed by atoms with van der Waals surface area (Å²) in [6.07, 6.45) is 1.37. The molecule has 0 unspecified atom stereocenters. The van der Waals surface area contributed by atoms with Crippen LogP contribution in [0.1, 0.15) is 0 Å². The molecular weight excluding hydrogens is 170 g/mol. The quantitative estimate of drug-likeness (QED) is 0.360. The number of rotatable bonds is 1. The van der Waals surface area contributed by atoms with Crippen molar-refractivity contribution in [2.24, 2.45) is 0 Å². The highest BCUT2D eigenvalue weighted by Gasteiger charge is 2.22. The van der Waals surface area contributed by atoms with Crippen LogP contribution in [0, 0.1) is 0 Å². The van der Waals surface area contributed by atoms with Crippen LogP contribution in [0.2, 0.25) is 0 Å². The lowest BCUT2D eigenvalue weighted by Gasteiger charge is -1.88. The van der Waals surface area contributed by atoms with Gasteiger partial charge in [0.1, 0.15) is 15.5 Å². The third-order valence-electron chi connectivity index (χ3n) is 0.867. The molecule has 1 N–H and O–H groups in total. The zero-order valence-corrected chi connectivity index (χ0v) is 6.84. The fourth-order valence-electron chi connectivity index (χ4n) is 0.511. The number of hydrogen-bond acceptors (Lipinski definition) is 4. The molecule has 1 aliphatic heterocycles. The Morgan fingerprint density at radius 1 is 1.80 bits per heavy atom. The highest BCUT2D eigenvalue weighted by molar-refractivity contribution is 8.26. The largest absolute Gasteiger partial charge is 0.503 e. The highest BCUT2D eigenvalue weighted by atomic mass is 32.2. The Morgan fingerprint density at radius 3 is 2.90 bits per heavy atom. The number of ether oxygens (including phenoxy) is 1. The minimum atomic E-state index is -0.183. The van der Waals surface area contributed by atoms with Crippen molar-refractivity contribution in [3.05, 3.63) is 11.2 Å².